The molecule has 0 aliphatic carbocycles. The summed E-state index contributed by atoms with van der Waals surface area (Å²) in [6.45, 7) is 0. The summed E-state index contributed by atoms with van der Waals surface area (Å²) in [4.78, 5) is 11.5. The van der Waals surface area contributed by atoms with Gasteiger partial charge in [-0.25, -0.2) is 0 Å². The zero-order valence-electron chi connectivity index (χ0n) is 4.43. The molecule has 1 fully saturated rings. The van der Waals surface area contributed by atoms with Crippen LogP contribution in [0.2, 0.25) is 0 Å². The van der Waals surface area contributed by atoms with Crippen LogP contribution in [0, 0.1) is 0 Å². The first-order valence-electron chi connectivity index (χ1n) is 2.32. The Kier molecular flexibility index (Phi) is 1.73. The monoisotopic (exact) mass is 160 g/mol. The first-order valence-corrected chi connectivity index (χ1v) is 3.14. The largest absolute Gasteiger partial charge is 0.291 e. The number of carbonyl (C=O) groups is 1. The number of nitrogens with one attached hydrogen (secondary N) is 2. The van der Waals surface area contributed by atoms with E-state index in [1.165, 1.54) is 0 Å². The Labute approximate surface area is 62.8 Å². The number of carbonyl (C=O) groups excluding carboxylic acids is 1. The van der Waals surface area contributed by atoms with Crippen LogP contribution in [0.5, 0.6) is 0 Å². The normalized spacial score (nSPS) is 18.9. The molecule has 3 nitrogen and oxygen atoms in total. The average molecular weight is 160 g/mol. The molecule has 0 atom stereocenters. The molecule has 0 aromatic carbocycles. The minimum atomic E-state index is -0.251. The fourth-order valence-electron chi connectivity index (χ4n) is 0.466. The Morgan fingerprint density at radius 1 is 1.33 bits per heavy atom. The van der Waals surface area contributed by atoms with Crippen LogP contribution in [0.4, 0.5) is 0 Å². The Hall–Kier alpha value is -0.550. The SMILES string of the molecule is O=C1NNC(=S)CC1=S. The van der Waals surface area contributed by atoms with Crippen molar-refractivity contribution in [3.63, 3.8) is 0 Å². The predicted octanol–water partition coefficient (Wildman–Crippen LogP) is -0.292. The summed E-state index contributed by atoms with van der Waals surface area (Å²) in [6.07, 6.45) is 0.399. The summed E-state index contributed by atoms with van der Waals surface area (Å²) in [5.41, 5.74) is 4.82. The van der Waals surface area contributed by atoms with Gasteiger partial charge in [0.15, 0.2) is 0 Å². The smallest absolute Gasteiger partial charge is 0.276 e. The molecule has 5 heteroatoms. The molecule has 1 heterocycles. The van der Waals surface area contributed by atoms with E-state index in [2.05, 4.69) is 23.1 Å². The van der Waals surface area contributed by atoms with Crippen molar-refractivity contribution in [2.45, 2.75) is 6.42 Å². The number of hydrogen-bond donors (Lipinski definition) is 2. The highest BCUT2D eigenvalue weighted by Gasteiger charge is 2.16. The lowest BCUT2D eigenvalue weighted by Gasteiger charge is -2.14. The molecule has 0 spiro atoms. The van der Waals surface area contributed by atoms with Crippen LogP contribution in [0.15, 0.2) is 0 Å². The van der Waals surface area contributed by atoms with Gasteiger partial charge in [-0.15, -0.1) is 0 Å². The van der Waals surface area contributed by atoms with E-state index in [0.717, 1.165) is 0 Å². The van der Waals surface area contributed by atoms with Crippen molar-refractivity contribution >= 4 is 40.2 Å². The highest BCUT2D eigenvalue weighted by molar-refractivity contribution is 7.83. The highest BCUT2D eigenvalue weighted by Crippen LogP contribution is 1.93. The van der Waals surface area contributed by atoms with E-state index in [9.17, 15) is 4.79 Å². The van der Waals surface area contributed by atoms with Gasteiger partial charge in [-0.3, -0.25) is 15.6 Å². The van der Waals surface area contributed by atoms with E-state index in [1.807, 2.05) is 0 Å². The Morgan fingerprint density at radius 2 is 2.00 bits per heavy atom. The van der Waals surface area contributed by atoms with Gasteiger partial charge >= 0.3 is 0 Å². The second kappa shape index (κ2) is 2.36. The summed E-state index contributed by atoms with van der Waals surface area (Å²) in [7, 11) is 0. The molecule has 1 saturated heterocycles. The maximum atomic E-state index is 10.6. The second-order valence-electron chi connectivity index (χ2n) is 1.60. The van der Waals surface area contributed by atoms with Gasteiger partial charge in [0.25, 0.3) is 5.91 Å². The summed E-state index contributed by atoms with van der Waals surface area (Å²) >= 11 is 9.39. The Morgan fingerprint density at radius 3 is 2.44 bits per heavy atom. The number of amides is 1. The predicted molar refractivity (Wildman–Crippen MR) is 41.1 cm³/mol. The zero-order valence-corrected chi connectivity index (χ0v) is 6.06. The molecule has 1 aliphatic rings. The van der Waals surface area contributed by atoms with Crippen molar-refractivity contribution in [3.05, 3.63) is 0 Å². The van der Waals surface area contributed by atoms with Crippen molar-refractivity contribution in [3.8, 4) is 0 Å². The van der Waals surface area contributed by atoms with Crippen LogP contribution >= 0.6 is 24.4 Å². The number of thiocarbonyl (C=S) groups is 2. The fraction of sp³-hybridized carbons (Fsp3) is 0.250. The van der Waals surface area contributed by atoms with E-state index in [0.29, 0.717) is 16.3 Å². The summed E-state index contributed by atoms with van der Waals surface area (Å²) in [6, 6.07) is 0. The van der Waals surface area contributed by atoms with Crippen LogP contribution in [0.25, 0.3) is 0 Å². The van der Waals surface area contributed by atoms with Crippen molar-refractivity contribution < 1.29 is 4.79 Å². The number of hydrazine groups is 1. The van der Waals surface area contributed by atoms with Crippen molar-refractivity contribution in [2.75, 3.05) is 0 Å². The average Bonchev–Trinajstić information content (AvgIpc) is 1.80. The van der Waals surface area contributed by atoms with Crippen LogP contribution in [-0.2, 0) is 4.79 Å². The van der Waals surface area contributed by atoms with Gasteiger partial charge < -0.3 is 0 Å². The molecule has 0 bridgehead atoms. The maximum absolute atomic E-state index is 10.6. The Bertz CT molecular complexity index is 189. The lowest BCUT2D eigenvalue weighted by atomic mass is 10.3. The molecular formula is C4H4N2OS2. The maximum Gasteiger partial charge on any atom is 0.276 e. The zero-order chi connectivity index (χ0) is 6.85. The summed E-state index contributed by atoms with van der Waals surface area (Å²) in [5.74, 6) is -0.251. The third-order valence-corrected chi connectivity index (χ3v) is 1.47. The lowest BCUT2D eigenvalue weighted by Crippen LogP contribution is -2.50. The van der Waals surface area contributed by atoms with Crippen LogP contribution in [0.1, 0.15) is 6.42 Å². The van der Waals surface area contributed by atoms with Crippen LogP contribution < -0.4 is 10.9 Å². The van der Waals surface area contributed by atoms with Crippen molar-refractivity contribution in [2.24, 2.45) is 0 Å². The van der Waals surface area contributed by atoms with E-state index < -0.39 is 0 Å². The molecular weight excluding hydrogens is 156 g/mol. The standard InChI is InChI=1S/C4H4N2OS2/c7-4-2(8)1-3(9)5-6-4/h1H2,(H,5,9)(H,6,7). The molecule has 9 heavy (non-hydrogen) atoms. The van der Waals surface area contributed by atoms with Gasteiger partial charge in [0.1, 0.15) is 0 Å². The van der Waals surface area contributed by atoms with E-state index >= 15 is 0 Å². The molecule has 1 rings (SSSR count). The van der Waals surface area contributed by atoms with Crippen molar-refractivity contribution in [1.82, 2.24) is 10.9 Å². The minimum Gasteiger partial charge on any atom is -0.291 e. The molecule has 1 amide bonds. The summed E-state index contributed by atoms with van der Waals surface area (Å²) in [5, 5.41) is 0. The molecule has 0 saturated carbocycles. The van der Waals surface area contributed by atoms with Gasteiger partial charge in [-0.2, -0.15) is 0 Å². The first kappa shape index (κ1) is 6.57. The molecule has 2 N–H and O–H groups in total. The molecule has 0 aromatic heterocycles. The molecule has 48 valence electrons. The first-order chi connectivity index (χ1) is 4.20. The topological polar surface area (TPSA) is 41.1 Å². The van der Waals surface area contributed by atoms with Gasteiger partial charge in [0.05, 0.1) is 9.85 Å². The number of rotatable bonds is 0. The molecule has 1 aliphatic heterocycles. The van der Waals surface area contributed by atoms with E-state index in [-0.39, 0.29) is 5.91 Å². The van der Waals surface area contributed by atoms with Crippen LogP contribution in [0.3, 0.4) is 0 Å². The van der Waals surface area contributed by atoms with Gasteiger partial charge in [-0.1, -0.05) is 24.4 Å². The van der Waals surface area contributed by atoms with Gasteiger partial charge in [0.2, 0.25) is 0 Å². The van der Waals surface area contributed by atoms with E-state index in [1.54, 1.807) is 0 Å². The number of hydrogen-bond acceptors (Lipinski definition) is 3. The third kappa shape index (κ3) is 1.43. The lowest BCUT2D eigenvalue weighted by molar-refractivity contribution is -0.115. The highest BCUT2D eigenvalue weighted by atomic mass is 32.1. The van der Waals surface area contributed by atoms with Gasteiger partial charge in [0, 0.05) is 6.42 Å². The quantitative estimate of drug-likeness (QED) is 0.478. The molecule has 0 unspecified atom stereocenters. The minimum absolute atomic E-state index is 0.251. The fourth-order valence-corrected chi connectivity index (χ4v) is 0.949. The van der Waals surface area contributed by atoms with Gasteiger partial charge in [-0.05, 0) is 0 Å². The second-order valence-corrected chi connectivity index (χ2v) is 2.59. The van der Waals surface area contributed by atoms with Crippen molar-refractivity contribution in [1.29, 1.82) is 0 Å². The Balaban J connectivity index is 2.64. The third-order valence-electron chi connectivity index (χ3n) is 0.890. The molecule has 0 radical (unpaired) electrons. The molecule has 0 aromatic rings. The van der Waals surface area contributed by atoms with Crippen LogP contribution in [-0.4, -0.2) is 15.8 Å². The summed E-state index contributed by atoms with van der Waals surface area (Å²) < 4.78 is 0. The van der Waals surface area contributed by atoms with E-state index in [4.69, 9.17) is 12.2 Å².